The van der Waals surface area contributed by atoms with Gasteiger partial charge < -0.3 is 19.5 Å². The minimum absolute atomic E-state index is 0.438. The fraction of sp³-hybridized carbons (Fsp3) is 0.409. The lowest BCUT2D eigenvalue weighted by atomic mass is 9.93. The summed E-state index contributed by atoms with van der Waals surface area (Å²) in [5.74, 6) is 3.28. The molecule has 1 N–H and O–H groups in total. The molecule has 0 saturated heterocycles. The van der Waals surface area contributed by atoms with Crippen molar-refractivity contribution in [1.82, 2.24) is 9.97 Å². The van der Waals surface area contributed by atoms with E-state index in [0.29, 0.717) is 40.5 Å². The molecule has 1 saturated carbocycles. The molecule has 0 aliphatic heterocycles. The number of rotatable bonds is 7. The minimum atomic E-state index is 0.438. The van der Waals surface area contributed by atoms with Crippen LogP contribution >= 0.6 is 11.3 Å². The first-order valence-corrected chi connectivity index (χ1v) is 10.6. The van der Waals surface area contributed by atoms with E-state index < -0.39 is 0 Å². The maximum Gasteiger partial charge on any atom is 0.246 e. The first kappa shape index (κ1) is 20.2. The van der Waals surface area contributed by atoms with Gasteiger partial charge in [0.25, 0.3) is 0 Å². The number of methoxy groups -OCH3 is 3. The van der Waals surface area contributed by atoms with E-state index in [1.54, 1.807) is 21.3 Å². The number of benzene rings is 1. The predicted molar refractivity (Wildman–Crippen MR) is 119 cm³/mol. The van der Waals surface area contributed by atoms with E-state index in [4.69, 9.17) is 30.8 Å². The van der Waals surface area contributed by atoms with E-state index in [1.165, 1.54) is 17.8 Å². The second-order valence-corrected chi connectivity index (χ2v) is 8.27. The molecule has 8 heteroatoms. The molecule has 1 aliphatic rings. The number of fused-ring (bicyclic) bond motifs is 1. The number of nitrogens with zero attached hydrogens (tertiary/aromatic N) is 3. The lowest BCUT2D eigenvalue weighted by molar-refractivity contribution is 0.324. The molecule has 1 fully saturated rings. The third-order valence-electron chi connectivity index (χ3n) is 5.45. The van der Waals surface area contributed by atoms with E-state index in [9.17, 15) is 0 Å². The number of aromatic nitrogens is 2. The second-order valence-electron chi connectivity index (χ2n) is 7.30. The van der Waals surface area contributed by atoms with Crippen molar-refractivity contribution < 1.29 is 14.2 Å². The Bertz CT molecular complexity index is 1110. The number of hydrogen-bond donors (Lipinski definition) is 1. The van der Waals surface area contributed by atoms with Crippen molar-refractivity contribution in [2.24, 2.45) is 0 Å². The average molecular weight is 425 g/mol. The molecule has 0 atom stereocenters. The normalized spacial score (nSPS) is 13.6. The molecular weight excluding hydrogens is 400 g/mol. The highest BCUT2D eigenvalue weighted by atomic mass is 32.1. The maximum absolute atomic E-state index is 7.46. The molecule has 2 heterocycles. The number of aryl methyl sites for hydroxylation is 1. The van der Waals surface area contributed by atoms with Gasteiger partial charge in [0, 0.05) is 17.8 Å². The van der Waals surface area contributed by atoms with Crippen molar-refractivity contribution in [3.8, 4) is 17.2 Å². The van der Waals surface area contributed by atoms with Crippen molar-refractivity contribution >= 4 is 32.4 Å². The average Bonchev–Trinajstić information content (AvgIpc) is 3.05. The Balaban J connectivity index is 1.77. The fourth-order valence-corrected chi connectivity index (χ4v) is 4.61. The Morgan fingerprint density at radius 2 is 1.83 bits per heavy atom. The Labute approximate surface area is 179 Å². The SMILES string of the molecule is [C-]#[N+]c1sc2nc(Cc3cc(OC)c(OC)c(OC)c3)nc(NC3CCC3)c2c1C. The lowest BCUT2D eigenvalue weighted by Gasteiger charge is -2.27. The van der Waals surface area contributed by atoms with Crippen molar-refractivity contribution in [2.45, 2.75) is 38.6 Å². The summed E-state index contributed by atoms with van der Waals surface area (Å²) in [4.78, 5) is 14.1. The molecule has 7 nitrogen and oxygen atoms in total. The van der Waals surface area contributed by atoms with E-state index in [0.717, 1.165) is 40.0 Å². The number of thiophene rings is 1. The van der Waals surface area contributed by atoms with Crippen LogP contribution in [0.2, 0.25) is 0 Å². The van der Waals surface area contributed by atoms with Gasteiger partial charge in [-0.3, -0.25) is 0 Å². The molecule has 0 spiro atoms. The molecule has 3 aromatic rings. The number of hydrogen-bond acceptors (Lipinski definition) is 7. The summed E-state index contributed by atoms with van der Waals surface area (Å²) < 4.78 is 16.4. The van der Waals surface area contributed by atoms with Gasteiger partial charge in [0.05, 0.1) is 27.9 Å². The van der Waals surface area contributed by atoms with Gasteiger partial charge in [0.15, 0.2) is 11.5 Å². The van der Waals surface area contributed by atoms with E-state index in [1.807, 2.05) is 19.1 Å². The fourth-order valence-electron chi connectivity index (χ4n) is 3.63. The quantitative estimate of drug-likeness (QED) is 0.530. The lowest BCUT2D eigenvalue weighted by Crippen LogP contribution is -2.27. The van der Waals surface area contributed by atoms with Gasteiger partial charge in [-0.1, -0.05) is 0 Å². The molecule has 4 rings (SSSR count). The van der Waals surface area contributed by atoms with Crippen LogP contribution in [0.4, 0.5) is 10.8 Å². The summed E-state index contributed by atoms with van der Waals surface area (Å²) in [6.07, 6.45) is 4.04. The van der Waals surface area contributed by atoms with Crippen LogP contribution in [0.5, 0.6) is 17.2 Å². The van der Waals surface area contributed by atoms with E-state index in [-0.39, 0.29) is 0 Å². The first-order valence-electron chi connectivity index (χ1n) is 9.80. The molecule has 0 amide bonds. The highest BCUT2D eigenvalue weighted by Gasteiger charge is 2.22. The van der Waals surface area contributed by atoms with Gasteiger partial charge in [0.1, 0.15) is 16.5 Å². The van der Waals surface area contributed by atoms with Crippen LogP contribution in [0.25, 0.3) is 15.1 Å². The summed E-state index contributed by atoms with van der Waals surface area (Å²) in [6.45, 7) is 9.44. The van der Waals surface area contributed by atoms with Gasteiger partial charge in [-0.15, -0.1) is 11.3 Å². The molecular formula is C22H24N4O3S. The first-order chi connectivity index (χ1) is 14.6. The Morgan fingerprint density at radius 1 is 1.13 bits per heavy atom. The molecule has 0 bridgehead atoms. The van der Waals surface area contributed by atoms with Crippen LogP contribution in [-0.4, -0.2) is 37.3 Å². The minimum Gasteiger partial charge on any atom is -0.493 e. The highest BCUT2D eigenvalue weighted by molar-refractivity contribution is 7.22. The van der Waals surface area contributed by atoms with Crippen molar-refractivity contribution in [1.29, 1.82) is 0 Å². The van der Waals surface area contributed by atoms with Crippen molar-refractivity contribution in [2.75, 3.05) is 26.6 Å². The van der Waals surface area contributed by atoms with Gasteiger partial charge in [-0.25, -0.2) is 14.8 Å². The van der Waals surface area contributed by atoms with Crippen LogP contribution in [-0.2, 0) is 6.42 Å². The monoisotopic (exact) mass is 424 g/mol. The van der Waals surface area contributed by atoms with E-state index in [2.05, 4.69) is 10.2 Å². The molecule has 0 unspecified atom stereocenters. The zero-order valence-corrected chi connectivity index (χ0v) is 18.4. The van der Waals surface area contributed by atoms with Crippen molar-refractivity contribution in [3.63, 3.8) is 0 Å². The number of anilines is 1. The molecule has 1 aliphatic carbocycles. The van der Waals surface area contributed by atoms with Crippen LogP contribution in [0.3, 0.4) is 0 Å². The Morgan fingerprint density at radius 3 is 2.37 bits per heavy atom. The van der Waals surface area contributed by atoms with Crippen LogP contribution in [0, 0.1) is 13.5 Å². The number of ether oxygens (including phenoxy) is 3. The van der Waals surface area contributed by atoms with Crippen molar-refractivity contribution in [3.05, 3.63) is 40.5 Å². The third-order valence-corrected chi connectivity index (χ3v) is 6.53. The Hall–Kier alpha value is -3.05. The van der Waals surface area contributed by atoms with Crippen LogP contribution in [0.15, 0.2) is 12.1 Å². The summed E-state index contributed by atoms with van der Waals surface area (Å²) in [5.41, 5.74) is 1.91. The molecule has 30 heavy (non-hydrogen) atoms. The van der Waals surface area contributed by atoms with Crippen LogP contribution in [0.1, 0.15) is 36.2 Å². The zero-order chi connectivity index (χ0) is 21.3. The summed E-state index contributed by atoms with van der Waals surface area (Å²) in [6, 6.07) is 4.27. The topological polar surface area (TPSA) is 69.9 Å². The molecule has 1 aromatic carbocycles. The Kier molecular flexibility index (Phi) is 5.64. The molecule has 2 aromatic heterocycles. The maximum atomic E-state index is 7.46. The van der Waals surface area contributed by atoms with Gasteiger partial charge in [0.2, 0.25) is 10.8 Å². The van der Waals surface area contributed by atoms with Gasteiger partial charge in [-0.2, -0.15) is 0 Å². The molecule has 0 radical (unpaired) electrons. The summed E-state index contributed by atoms with van der Waals surface area (Å²) >= 11 is 1.42. The third kappa shape index (κ3) is 3.61. The number of nitrogens with one attached hydrogen (secondary N) is 1. The molecule has 156 valence electrons. The summed E-state index contributed by atoms with van der Waals surface area (Å²) in [5, 5.41) is 5.20. The smallest absolute Gasteiger partial charge is 0.246 e. The largest absolute Gasteiger partial charge is 0.493 e. The van der Waals surface area contributed by atoms with Crippen LogP contribution < -0.4 is 19.5 Å². The van der Waals surface area contributed by atoms with E-state index >= 15 is 0 Å². The summed E-state index contributed by atoms with van der Waals surface area (Å²) in [7, 11) is 4.79. The van der Waals surface area contributed by atoms with Gasteiger partial charge >= 0.3 is 0 Å². The standard InChI is InChI=1S/C22H24N4O3S/c1-12-18-20(24-14-7-6-8-14)25-17(26-22(18)30-21(12)23-2)11-13-9-15(27-3)19(29-5)16(10-13)28-4/h9-10,14H,6-8,11H2,1,3-5H3,(H,24,25,26). The van der Waals surface area contributed by atoms with Gasteiger partial charge in [-0.05, 0) is 49.4 Å². The predicted octanol–water partition coefficient (Wildman–Crippen LogP) is 5.13. The highest BCUT2D eigenvalue weighted by Crippen LogP contribution is 2.41. The second kappa shape index (κ2) is 8.36. The zero-order valence-electron chi connectivity index (χ0n) is 17.5.